The molecule has 19 heavy (non-hydrogen) atoms. The number of hydrogen-bond acceptors (Lipinski definition) is 5. The molecule has 1 saturated heterocycles. The third-order valence-corrected chi connectivity index (χ3v) is 6.59. The molecule has 5 heteroatoms. The predicted molar refractivity (Wildman–Crippen MR) is 85.6 cm³/mol. The maximum atomic E-state index is 4.92. The molecule has 1 aliphatic carbocycles. The average Bonchev–Trinajstić information content (AvgIpc) is 3.08. The number of fused-ring (bicyclic) bond motifs is 1. The molecule has 1 aliphatic heterocycles. The maximum Gasteiger partial charge on any atom is 0.185 e. The molecule has 0 amide bonds. The Morgan fingerprint density at radius 1 is 1.42 bits per heavy atom. The number of aryl methyl sites for hydroxylation is 1. The fourth-order valence-corrected chi connectivity index (χ4v) is 5.50. The van der Waals surface area contributed by atoms with Crippen molar-refractivity contribution in [1.82, 2.24) is 10.3 Å². The molecule has 0 spiro atoms. The van der Waals surface area contributed by atoms with E-state index in [-0.39, 0.29) is 0 Å². The van der Waals surface area contributed by atoms with Crippen LogP contribution in [0.3, 0.4) is 0 Å². The highest BCUT2D eigenvalue weighted by molar-refractivity contribution is 7.99. The van der Waals surface area contributed by atoms with E-state index in [1.807, 2.05) is 11.3 Å². The molecule has 1 N–H and O–H groups in total. The Hall–Kier alpha value is -0.260. The lowest BCUT2D eigenvalue weighted by atomic mass is 9.98. The van der Waals surface area contributed by atoms with E-state index in [2.05, 4.69) is 35.9 Å². The predicted octanol–water partition coefficient (Wildman–Crippen LogP) is 3.07. The highest BCUT2D eigenvalue weighted by Crippen LogP contribution is 2.38. The summed E-state index contributed by atoms with van der Waals surface area (Å²) in [7, 11) is 2.23. The van der Waals surface area contributed by atoms with E-state index in [9.17, 15) is 0 Å². The summed E-state index contributed by atoms with van der Waals surface area (Å²) >= 11 is 3.99. The lowest BCUT2D eigenvalue weighted by molar-refractivity contribution is 0.476. The second-order valence-electron chi connectivity index (χ2n) is 5.44. The van der Waals surface area contributed by atoms with Gasteiger partial charge in [0, 0.05) is 29.8 Å². The van der Waals surface area contributed by atoms with Gasteiger partial charge in [-0.15, -0.1) is 0 Å². The third-order valence-electron chi connectivity index (χ3n) is 4.14. The van der Waals surface area contributed by atoms with Gasteiger partial charge in [-0.05, 0) is 38.0 Å². The molecule has 2 unspecified atom stereocenters. The van der Waals surface area contributed by atoms with Crippen molar-refractivity contribution in [3.05, 3.63) is 10.6 Å². The van der Waals surface area contributed by atoms with Gasteiger partial charge in [0.25, 0.3) is 0 Å². The molecule has 2 heterocycles. The molecule has 3 rings (SSSR count). The summed E-state index contributed by atoms with van der Waals surface area (Å²) in [6.07, 6.45) is 5.02. The molecule has 0 radical (unpaired) electrons. The van der Waals surface area contributed by atoms with E-state index in [0.717, 1.165) is 6.54 Å². The molecule has 0 bridgehead atoms. The largest absolute Gasteiger partial charge is 0.347 e. The molecular weight excluding hydrogens is 274 g/mol. The molecule has 1 aromatic heterocycles. The van der Waals surface area contributed by atoms with Gasteiger partial charge in [0.2, 0.25) is 0 Å². The van der Waals surface area contributed by atoms with Crippen LogP contribution in [0, 0.1) is 0 Å². The van der Waals surface area contributed by atoms with E-state index < -0.39 is 0 Å². The molecule has 1 fully saturated rings. The number of nitrogens with one attached hydrogen (secondary N) is 1. The van der Waals surface area contributed by atoms with Crippen LogP contribution in [-0.4, -0.2) is 36.1 Å². The Bertz CT molecular complexity index is 426. The lowest BCUT2D eigenvalue weighted by Gasteiger charge is -2.22. The number of anilines is 1. The van der Waals surface area contributed by atoms with Crippen LogP contribution in [0.4, 0.5) is 5.13 Å². The summed E-state index contributed by atoms with van der Waals surface area (Å²) in [5, 5.41) is 4.85. The third kappa shape index (κ3) is 2.78. The van der Waals surface area contributed by atoms with Gasteiger partial charge in [0.05, 0.1) is 5.69 Å². The normalized spacial score (nSPS) is 26.4. The quantitative estimate of drug-likeness (QED) is 0.924. The van der Waals surface area contributed by atoms with Crippen molar-refractivity contribution in [3.8, 4) is 0 Å². The zero-order valence-electron chi connectivity index (χ0n) is 11.8. The Kier molecular flexibility index (Phi) is 4.34. The lowest BCUT2D eigenvalue weighted by Crippen LogP contribution is -2.31. The first-order chi connectivity index (χ1) is 9.29. The van der Waals surface area contributed by atoms with Crippen molar-refractivity contribution < 1.29 is 0 Å². The van der Waals surface area contributed by atoms with Crippen molar-refractivity contribution in [2.24, 2.45) is 0 Å². The number of thiazole rings is 1. The van der Waals surface area contributed by atoms with Crippen molar-refractivity contribution in [2.45, 2.75) is 44.7 Å². The van der Waals surface area contributed by atoms with Crippen LogP contribution in [0.15, 0.2) is 0 Å². The van der Waals surface area contributed by atoms with E-state index in [1.54, 1.807) is 0 Å². The van der Waals surface area contributed by atoms with Crippen LogP contribution >= 0.6 is 23.1 Å². The van der Waals surface area contributed by atoms with Gasteiger partial charge in [0.1, 0.15) is 0 Å². The molecule has 0 aromatic carbocycles. The van der Waals surface area contributed by atoms with Crippen LogP contribution in [0.2, 0.25) is 0 Å². The van der Waals surface area contributed by atoms with Crippen molar-refractivity contribution in [3.63, 3.8) is 0 Å². The SMILES string of the molecule is CCNC1CCCc2nc(N(C)C3CCSC3)sc21. The summed E-state index contributed by atoms with van der Waals surface area (Å²) in [6.45, 7) is 3.24. The fraction of sp³-hybridized carbons (Fsp3) is 0.786. The first kappa shape index (κ1) is 13.7. The topological polar surface area (TPSA) is 28.2 Å². The average molecular weight is 297 g/mol. The Morgan fingerprint density at radius 3 is 3.05 bits per heavy atom. The van der Waals surface area contributed by atoms with Crippen LogP contribution in [0.25, 0.3) is 0 Å². The Labute approximate surface area is 124 Å². The minimum Gasteiger partial charge on any atom is -0.347 e. The van der Waals surface area contributed by atoms with Gasteiger partial charge >= 0.3 is 0 Å². The van der Waals surface area contributed by atoms with Crippen molar-refractivity contribution in [2.75, 3.05) is 30.0 Å². The number of hydrogen-bond donors (Lipinski definition) is 1. The molecule has 0 saturated carbocycles. The molecule has 106 valence electrons. The first-order valence-corrected chi connectivity index (χ1v) is 9.30. The molecule has 2 atom stereocenters. The summed E-state index contributed by atoms with van der Waals surface area (Å²) < 4.78 is 0. The van der Waals surface area contributed by atoms with Gasteiger partial charge in [-0.3, -0.25) is 0 Å². The fourth-order valence-electron chi connectivity index (χ4n) is 2.98. The minimum atomic E-state index is 0.548. The van der Waals surface area contributed by atoms with E-state index in [4.69, 9.17) is 4.98 Å². The van der Waals surface area contributed by atoms with E-state index in [0.29, 0.717) is 12.1 Å². The second kappa shape index (κ2) is 6.02. The van der Waals surface area contributed by atoms with E-state index >= 15 is 0 Å². The summed E-state index contributed by atoms with van der Waals surface area (Å²) in [5.74, 6) is 2.57. The van der Waals surface area contributed by atoms with Crippen LogP contribution in [0.1, 0.15) is 42.8 Å². The zero-order valence-corrected chi connectivity index (χ0v) is 13.4. The zero-order chi connectivity index (χ0) is 13.2. The summed E-state index contributed by atoms with van der Waals surface area (Å²) in [4.78, 5) is 8.85. The van der Waals surface area contributed by atoms with Crippen LogP contribution < -0.4 is 10.2 Å². The molecule has 2 aliphatic rings. The standard InChI is InChI=1S/C14H23N3S2/c1-3-15-11-5-4-6-12-13(11)19-14(16-12)17(2)10-7-8-18-9-10/h10-11,15H,3-9H2,1-2H3. The number of thioether (sulfide) groups is 1. The monoisotopic (exact) mass is 297 g/mol. The van der Waals surface area contributed by atoms with Gasteiger partial charge in [-0.1, -0.05) is 18.3 Å². The molecule has 1 aromatic rings. The van der Waals surface area contributed by atoms with Crippen molar-refractivity contribution in [1.29, 1.82) is 0 Å². The second-order valence-corrected chi connectivity index (χ2v) is 7.60. The Morgan fingerprint density at radius 2 is 2.32 bits per heavy atom. The van der Waals surface area contributed by atoms with Gasteiger partial charge in [0.15, 0.2) is 5.13 Å². The van der Waals surface area contributed by atoms with Gasteiger partial charge in [-0.25, -0.2) is 4.98 Å². The van der Waals surface area contributed by atoms with Crippen LogP contribution in [0.5, 0.6) is 0 Å². The van der Waals surface area contributed by atoms with E-state index in [1.165, 1.54) is 52.9 Å². The summed E-state index contributed by atoms with van der Waals surface area (Å²) in [6, 6.07) is 1.24. The van der Waals surface area contributed by atoms with Gasteiger partial charge < -0.3 is 10.2 Å². The number of rotatable bonds is 4. The highest BCUT2D eigenvalue weighted by Gasteiger charge is 2.27. The maximum absolute atomic E-state index is 4.92. The Balaban J connectivity index is 1.80. The number of aromatic nitrogens is 1. The smallest absolute Gasteiger partial charge is 0.185 e. The summed E-state index contributed by atoms with van der Waals surface area (Å²) in [5.41, 5.74) is 1.36. The number of nitrogens with zero attached hydrogens (tertiary/aromatic N) is 2. The van der Waals surface area contributed by atoms with Gasteiger partial charge in [-0.2, -0.15) is 11.8 Å². The minimum absolute atomic E-state index is 0.548. The van der Waals surface area contributed by atoms with Crippen LogP contribution in [-0.2, 0) is 6.42 Å². The highest BCUT2D eigenvalue weighted by atomic mass is 32.2. The van der Waals surface area contributed by atoms with Crippen molar-refractivity contribution >= 4 is 28.2 Å². The molecule has 3 nitrogen and oxygen atoms in total. The first-order valence-electron chi connectivity index (χ1n) is 7.33. The molecular formula is C14H23N3S2.